The fourth-order valence-electron chi connectivity index (χ4n) is 4.32. The smallest absolute Gasteiger partial charge is 0.333 e. The zero-order valence-electron chi connectivity index (χ0n) is 20.3. The van der Waals surface area contributed by atoms with E-state index in [9.17, 15) is 14.4 Å². The van der Waals surface area contributed by atoms with E-state index >= 15 is 0 Å². The number of carbonyl (C=O) groups excluding carboxylic acids is 1. The molecule has 0 aliphatic carbocycles. The fourth-order valence-corrected chi connectivity index (χ4v) is 4.32. The Balaban J connectivity index is 1.56. The minimum absolute atomic E-state index is 0.213. The van der Waals surface area contributed by atoms with Crippen molar-refractivity contribution < 1.29 is 4.79 Å². The Hall–Kier alpha value is -4.79. The lowest BCUT2D eigenvalue weighted by atomic mass is 10.2. The Kier molecular flexibility index (Phi) is 6.76. The topological polar surface area (TPSA) is 104 Å². The zero-order valence-corrected chi connectivity index (χ0v) is 20.3. The summed E-state index contributed by atoms with van der Waals surface area (Å²) in [5.41, 5.74) is 1.95. The van der Waals surface area contributed by atoms with Gasteiger partial charge in [-0.2, -0.15) is 0 Å². The molecule has 5 rings (SSSR count). The minimum Gasteiger partial charge on any atom is -0.346 e. The molecule has 37 heavy (non-hydrogen) atoms. The highest BCUT2D eigenvalue weighted by Crippen LogP contribution is 2.13. The standard InChI is InChI=1S/C28H26N6O3/c1-20(23-14-8-9-15-29-23)31-24(35)18-34-27(36)25-26(30-19-32(25)16-21-10-4-2-5-11-21)33(28(34)37)17-22-12-6-3-7-13-22/h2-15,19-20H,16-18H2,1H3,(H,31,35). The molecule has 186 valence electrons. The number of pyridine rings is 1. The van der Waals surface area contributed by atoms with Crippen LogP contribution in [0.2, 0.25) is 0 Å². The second-order valence-electron chi connectivity index (χ2n) is 8.82. The number of carbonyl (C=O) groups is 1. The van der Waals surface area contributed by atoms with Gasteiger partial charge in [-0.15, -0.1) is 0 Å². The molecule has 1 N–H and O–H groups in total. The maximum absolute atomic E-state index is 13.6. The number of fused-ring (bicyclic) bond motifs is 1. The third kappa shape index (κ3) is 5.11. The van der Waals surface area contributed by atoms with Gasteiger partial charge in [0.1, 0.15) is 6.54 Å². The summed E-state index contributed by atoms with van der Waals surface area (Å²) >= 11 is 0. The SMILES string of the molecule is CC(NC(=O)Cn1c(=O)c2c(ncn2Cc2ccccc2)n(Cc2ccccc2)c1=O)c1ccccn1. The Labute approximate surface area is 212 Å². The molecule has 3 heterocycles. The Morgan fingerprint density at radius 2 is 1.49 bits per heavy atom. The molecule has 0 aliphatic heterocycles. The summed E-state index contributed by atoms with van der Waals surface area (Å²) in [5, 5.41) is 2.83. The third-order valence-electron chi connectivity index (χ3n) is 6.17. The molecule has 0 fully saturated rings. The van der Waals surface area contributed by atoms with Gasteiger partial charge in [-0.25, -0.2) is 14.3 Å². The third-order valence-corrected chi connectivity index (χ3v) is 6.17. The van der Waals surface area contributed by atoms with Crippen molar-refractivity contribution in [2.24, 2.45) is 0 Å². The Morgan fingerprint density at radius 1 is 0.838 bits per heavy atom. The van der Waals surface area contributed by atoms with Crippen LogP contribution in [0.15, 0.2) is 101 Å². The summed E-state index contributed by atoms with van der Waals surface area (Å²) in [5.74, 6) is -0.461. The number of hydrogen-bond donors (Lipinski definition) is 1. The highest BCUT2D eigenvalue weighted by Gasteiger charge is 2.21. The number of benzene rings is 2. The van der Waals surface area contributed by atoms with Crippen molar-refractivity contribution in [3.8, 4) is 0 Å². The first-order chi connectivity index (χ1) is 18.0. The number of rotatable bonds is 8. The maximum atomic E-state index is 13.6. The Morgan fingerprint density at radius 3 is 2.14 bits per heavy atom. The Bertz CT molecular complexity index is 1640. The molecule has 0 saturated heterocycles. The lowest BCUT2D eigenvalue weighted by Gasteiger charge is -2.15. The van der Waals surface area contributed by atoms with Crippen molar-refractivity contribution >= 4 is 17.1 Å². The van der Waals surface area contributed by atoms with Gasteiger partial charge in [-0.05, 0) is 30.2 Å². The first-order valence-corrected chi connectivity index (χ1v) is 12.0. The van der Waals surface area contributed by atoms with Crippen LogP contribution in [0.5, 0.6) is 0 Å². The van der Waals surface area contributed by atoms with E-state index in [4.69, 9.17) is 0 Å². The minimum atomic E-state index is -0.591. The highest BCUT2D eigenvalue weighted by molar-refractivity contribution is 5.77. The number of imidazole rings is 1. The second-order valence-corrected chi connectivity index (χ2v) is 8.82. The van der Waals surface area contributed by atoms with E-state index in [0.717, 1.165) is 15.7 Å². The van der Waals surface area contributed by atoms with Gasteiger partial charge in [0.2, 0.25) is 5.91 Å². The van der Waals surface area contributed by atoms with Gasteiger partial charge in [0.05, 0.1) is 24.6 Å². The largest absolute Gasteiger partial charge is 0.346 e. The van der Waals surface area contributed by atoms with Crippen molar-refractivity contribution in [3.63, 3.8) is 0 Å². The van der Waals surface area contributed by atoms with E-state index in [2.05, 4.69) is 15.3 Å². The van der Waals surface area contributed by atoms with Crippen LogP contribution in [-0.2, 0) is 24.4 Å². The normalized spacial score (nSPS) is 11.9. The summed E-state index contributed by atoms with van der Waals surface area (Å²) < 4.78 is 4.15. The molecule has 0 radical (unpaired) electrons. The van der Waals surface area contributed by atoms with Crippen molar-refractivity contribution in [3.05, 3.63) is 129 Å². The lowest BCUT2D eigenvalue weighted by Crippen LogP contribution is -2.44. The van der Waals surface area contributed by atoms with Crippen LogP contribution in [0.1, 0.15) is 29.8 Å². The van der Waals surface area contributed by atoms with Crippen LogP contribution < -0.4 is 16.6 Å². The van der Waals surface area contributed by atoms with Crippen molar-refractivity contribution in [2.45, 2.75) is 32.6 Å². The van der Waals surface area contributed by atoms with Gasteiger partial charge in [-0.1, -0.05) is 66.7 Å². The van der Waals surface area contributed by atoms with E-state index in [1.54, 1.807) is 36.1 Å². The fraction of sp³-hybridized carbons (Fsp3) is 0.179. The molecular weight excluding hydrogens is 468 g/mol. The van der Waals surface area contributed by atoms with Crippen molar-refractivity contribution in [1.82, 2.24) is 29.0 Å². The maximum Gasteiger partial charge on any atom is 0.333 e. The molecule has 1 amide bonds. The zero-order chi connectivity index (χ0) is 25.8. The van der Waals surface area contributed by atoms with Crippen LogP contribution in [0.3, 0.4) is 0 Å². The lowest BCUT2D eigenvalue weighted by molar-refractivity contribution is -0.122. The number of amides is 1. The molecule has 0 spiro atoms. The van der Waals surface area contributed by atoms with Gasteiger partial charge in [-0.3, -0.25) is 19.1 Å². The molecule has 0 bridgehead atoms. The van der Waals surface area contributed by atoms with Gasteiger partial charge in [0.15, 0.2) is 11.2 Å². The number of aromatic nitrogens is 5. The van der Waals surface area contributed by atoms with E-state index in [1.807, 2.05) is 66.7 Å². The van der Waals surface area contributed by atoms with E-state index in [1.165, 1.54) is 4.57 Å². The van der Waals surface area contributed by atoms with Gasteiger partial charge >= 0.3 is 5.69 Å². The average Bonchev–Trinajstić information content (AvgIpc) is 3.34. The van der Waals surface area contributed by atoms with Crippen LogP contribution in [0.25, 0.3) is 11.2 Å². The van der Waals surface area contributed by atoms with E-state index in [0.29, 0.717) is 12.2 Å². The quantitative estimate of drug-likeness (QED) is 0.357. The number of nitrogens with zero attached hydrogens (tertiary/aromatic N) is 5. The van der Waals surface area contributed by atoms with Gasteiger partial charge in [0, 0.05) is 12.7 Å². The first kappa shape index (κ1) is 23.9. The molecule has 9 heteroatoms. The van der Waals surface area contributed by atoms with Gasteiger partial charge in [0.25, 0.3) is 5.56 Å². The molecule has 3 aromatic heterocycles. The molecule has 0 saturated carbocycles. The van der Waals surface area contributed by atoms with Crippen LogP contribution in [0, 0.1) is 0 Å². The first-order valence-electron chi connectivity index (χ1n) is 12.0. The molecule has 2 aromatic carbocycles. The van der Waals surface area contributed by atoms with Crippen LogP contribution in [0.4, 0.5) is 0 Å². The van der Waals surface area contributed by atoms with Crippen LogP contribution in [-0.4, -0.2) is 29.6 Å². The average molecular weight is 495 g/mol. The van der Waals surface area contributed by atoms with Crippen molar-refractivity contribution in [2.75, 3.05) is 0 Å². The van der Waals surface area contributed by atoms with E-state index in [-0.39, 0.29) is 23.8 Å². The van der Waals surface area contributed by atoms with Crippen molar-refractivity contribution in [1.29, 1.82) is 0 Å². The summed E-state index contributed by atoms with van der Waals surface area (Å²) in [4.78, 5) is 48.8. The second kappa shape index (κ2) is 10.4. The molecule has 5 aromatic rings. The number of hydrogen-bond acceptors (Lipinski definition) is 5. The molecule has 0 aliphatic rings. The predicted molar refractivity (Wildman–Crippen MR) is 140 cm³/mol. The monoisotopic (exact) mass is 494 g/mol. The van der Waals surface area contributed by atoms with E-state index < -0.39 is 23.7 Å². The number of nitrogens with one attached hydrogen (secondary N) is 1. The molecule has 1 atom stereocenters. The molecule has 1 unspecified atom stereocenters. The molecule has 9 nitrogen and oxygen atoms in total. The summed E-state index contributed by atoms with van der Waals surface area (Å²) in [7, 11) is 0. The summed E-state index contributed by atoms with van der Waals surface area (Å²) in [6, 6.07) is 24.2. The molecular formula is C28H26N6O3. The van der Waals surface area contributed by atoms with Gasteiger partial charge < -0.3 is 9.88 Å². The summed E-state index contributed by atoms with van der Waals surface area (Å²) in [6.07, 6.45) is 3.21. The predicted octanol–water partition coefficient (Wildman–Crippen LogP) is 2.73. The summed E-state index contributed by atoms with van der Waals surface area (Å²) in [6.45, 7) is 1.99. The highest BCUT2D eigenvalue weighted by atomic mass is 16.2. The van der Waals surface area contributed by atoms with Crippen LogP contribution >= 0.6 is 0 Å².